The van der Waals surface area contributed by atoms with Crippen LogP contribution in [0.15, 0.2) is 48.5 Å². The van der Waals surface area contributed by atoms with Gasteiger partial charge in [0.1, 0.15) is 12.6 Å². The van der Waals surface area contributed by atoms with Crippen molar-refractivity contribution in [3.8, 4) is 0 Å². The molecule has 0 spiro atoms. The lowest BCUT2D eigenvalue weighted by Crippen LogP contribution is -2.41. The van der Waals surface area contributed by atoms with Crippen molar-refractivity contribution < 1.29 is 19.1 Å². The van der Waals surface area contributed by atoms with Crippen molar-refractivity contribution in [1.82, 2.24) is 10.2 Å². The summed E-state index contributed by atoms with van der Waals surface area (Å²) in [6.45, 7) is 0.233. The van der Waals surface area contributed by atoms with Crippen LogP contribution >= 0.6 is 0 Å². The van der Waals surface area contributed by atoms with Crippen LogP contribution in [0.3, 0.4) is 0 Å². The van der Waals surface area contributed by atoms with Crippen LogP contribution < -0.4 is 10.6 Å². The van der Waals surface area contributed by atoms with Gasteiger partial charge in [0.25, 0.3) is 5.91 Å². The molecule has 2 aliphatic rings. The second-order valence-corrected chi connectivity index (χ2v) is 7.44. The van der Waals surface area contributed by atoms with Crippen molar-refractivity contribution >= 4 is 35.6 Å². The van der Waals surface area contributed by atoms with Gasteiger partial charge in [-0.3, -0.25) is 14.4 Å². The summed E-state index contributed by atoms with van der Waals surface area (Å²) in [4.78, 5) is 39.3. The van der Waals surface area contributed by atoms with Crippen LogP contribution in [-0.4, -0.2) is 55.0 Å². The molecule has 0 aromatic heterocycles. The highest BCUT2D eigenvalue weighted by molar-refractivity contribution is 6.10. The highest BCUT2D eigenvalue weighted by atomic mass is 16.5. The quantitative estimate of drug-likeness (QED) is 0.747. The predicted octanol–water partition coefficient (Wildman–Crippen LogP) is 2.15. The van der Waals surface area contributed by atoms with Gasteiger partial charge < -0.3 is 20.3 Å². The first-order valence-electron chi connectivity index (χ1n) is 9.82. The largest absolute Gasteiger partial charge is 0.375 e. The monoisotopic (exact) mass is 405 g/mol. The minimum absolute atomic E-state index is 0.0543. The Kier molecular flexibility index (Phi) is 5.63. The molecule has 30 heavy (non-hydrogen) atoms. The van der Waals surface area contributed by atoms with Crippen LogP contribution in [0.2, 0.25) is 0 Å². The van der Waals surface area contributed by atoms with Gasteiger partial charge in [-0.2, -0.15) is 0 Å². The molecule has 0 radical (unpaired) electrons. The molecule has 0 saturated carbocycles. The Labute approximate surface area is 174 Å². The number of rotatable bonds is 5. The number of hydrogen-bond acceptors (Lipinski definition) is 4. The Bertz CT molecular complexity index is 1000. The summed E-state index contributed by atoms with van der Waals surface area (Å²) in [5.74, 6) is -0.716. The number of anilines is 1. The van der Waals surface area contributed by atoms with Crippen LogP contribution in [-0.2, 0) is 14.3 Å². The van der Waals surface area contributed by atoms with Crippen LogP contribution in [0.1, 0.15) is 27.9 Å². The number of fused-ring (bicyclic) bond motifs is 2. The van der Waals surface area contributed by atoms with Gasteiger partial charge >= 0.3 is 0 Å². The molecule has 2 aromatic rings. The van der Waals surface area contributed by atoms with Gasteiger partial charge in [-0.25, -0.2) is 0 Å². The van der Waals surface area contributed by atoms with Gasteiger partial charge in [-0.15, -0.1) is 0 Å². The Morgan fingerprint density at radius 1 is 1.17 bits per heavy atom. The highest BCUT2D eigenvalue weighted by Gasteiger charge is 2.43. The number of ether oxygens (including phenoxy) is 1. The Morgan fingerprint density at radius 3 is 2.70 bits per heavy atom. The number of amides is 3. The summed E-state index contributed by atoms with van der Waals surface area (Å²) in [7, 11) is 1.44. The molecule has 4 rings (SSSR count). The van der Waals surface area contributed by atoms with Crippen molar-refractivity contribution in [2.24, 2.45) is 0 Å². The number of benzene rings is 2. The number of methoxy groups -OCH3 is 1. The van der Waals surface area contributed by atoms with E-state index in [0.717, 1.165) is 11.1 Å². The second-order valence-electron chi connectivity index (χ2n) is 7.44. The molecule has 0 aliphatic carbocycles. The summed E-state index contributed by atoms with van der Waals surface area (Å²) in [5.41, 5.74) is 2.88. The Hall–Kier alpha value is -3.45. The summed E-state index contributed by atoms with van der Waals surface area (Å²) < 4.78 is 4.83. The fourth-order valence-corrected chi connectivity index (χ4v) is 3.89. The van der Waals surface area contributed by atoms with Gasteiger partial charge in [0, 0.05) is 19.7 Å². The SMILES string of the molecule is COCC(=O)N[C@@H]1C[C@@H]2C(=O)Nc3ccc(C=Cc4ccccc4)cc3C(=O)N2C1. The molecule has 0 unspecified atom stereocenters. The third-order valence-electron chi connectivity index (χ3n) is 5.30. The molecule has 3 amide bonds. The number of carbonyl (C=O) groups is 3. The van der Waals surface area contributed by atoms with Crippen LogP contribution in [0.25, 0.3) is 12.2 Å². The van der Waals surface area contributed by atoms with E-state index >= 15 is 0 Å². The fourth-order valence-electron chi connectivity index (χ4n) is 3.89. The number of carbonyl (C=O) groups excluding carboxylic acids is 3. The molecule has 1 fully saturated rings. The van der Waals surface area contributed by atoms with E-state index in [-0.39, 0.29) is 36.9 Å². The third-order valence-corrected chi connectivity index (χ3v) is 5.30. The van der Waals surface area contributed by atoms with E-state index < -0.39 is 6.04 Å². The Morgan fingerprint density at radius 2 is 1.93 bits per heavy atom. The smallest absolute Gasteiger partial charge is 0.256 e. The minimum atomic E-state index is -0.610. The molecule has 2 N–H and O–H groups in total. The average molecular weight is 405 g/mol. The van der Waals surface area contributed by atoms with E-state index in [1.165, 1.54) is 7.11 Å². The lowest BCUT2D eigenvalue weighted by atomic mass is 10.1. The summed E-state index contributed by atoms with van der Waals surface area (Å²) in [6.07, 6.45) is 4.29. The molecule has 2 atom stereocenters. The van der Waals surface area contributed by atoms with Crippen molar-refractivity contribution in [1.29, 1.82) is 0 Å². The first-order valence-corrected chi connectivity index (χ1v) is 9.82. The van der Waals surface area contributed by atoms with E-state index in [1.54, 1.807) is 17.0 Å². The van der Waals surface area contributed by atoms with Gasteiger partial charge in [0.05, 0.1) is 11.3 Å². The molecule has 2 heterocycles. The van der Waals surface area contributed by atoms with Gasteiger partial charge in [0.15, 0.2) is 0 Å². The molecule has 1 saturated heterocycles. The fraction of sp³-hybridized carbons (Fsp3) is 0.261. The predicted molar refractivity (Wildman–Crippen MR) is 114 cm³/mol. The van der Waals surface area contributed by atoms with Gasteiger partial charge in [-0.1, -0.05) is 48.6 Å². The third kappa shape index (κ3) is 4.11. The van der Waals surface area contributed by atoms with Gasteiger partial charge in [-0.05, 0) is 29.7 Å². The normalized spacial score (nSPS) is 20.5. The second kappa shape index (κ2) is 8.51. The van der Waals surface area contributed by atoms with Crippen molar-refractivity contribution in [2.75, 3.05) is 25.6 Å². The lowest BCUT2D eigenvalue weighted by Gasteiger charge is -2.20. The Balaban J connectivity index is 1.56. The number of hydrogen-bond donors (Lipinski definition) is 2. The van der Waals surface area contributed by atoms with Crippen molar-refractivity contribution in [3.05, 3.63) is 65.2 Å². The molecular weight excluding hydrogens is 382 g/mol. The zero-order chi connectivity index (χ0) is 21.1. The lowest BCUT2D eigenvalue weighted by molar-refractivity contribution is -0.125. The minimum Gasteiger partial charge on any atom is -0.375 e. The molecule has 2 aromatic carbocycles. The average Bonchev–Trinajstić information content (AvgIpc) is 3.13. The molecule has 7 nitrogen and oxygen atoms in total. The maximum Gasteiger partial charge on any atom is 0.256 e. The maximum absolute atomic E-state index is 13.2. The molecular formula is C23H23N3O4. The van der Waals surface area contributed by atoms with Crippen LogP contribution in [0.4, 0.5) is 5.69 Å². The summed E-state index contributed by atoms with van der Waals surface area (Å²) in [6, 6.07) is 14.4. The maximum atomic E-state index is 13.2. The number of nitrogens with zero attached hydrogens (tertiary/aromatic N) is 1. The molecule has 154 valence electrons. The molecule has 7 heteroatoms. The number of nitrogens with one attached hydrogen (secondary N) is 2. The standard InChI is InChI=1S/C23H23N3O4/c1-30-14-21(27)24-17-12-20-22(28)25-19-10-9-16(8-7-15-5-3-2-4-6-15)11-18(19)23(29)26(20)13-17/h2-11,17,20H,12-14H2,1H3,(H,24,27)(H,25,28)/t17-,20-/m1/s1. The molecule has 0 bridgehead atoms. The van der Waals surface area contributed by atoms with Crippen molar-refractivity contribution in [3.63, 3.8) is 0 Å². The van der Waals surface area contributed by atoms with E-state index in [9.17, 15) is 14.4 Å². The van der Waals surface area contributed by atoms with Crippen LogP contribution in [0, 0.1) is 0 Å². The summed E-state index contributed by atoms with van der Waals surface area (Å²) in [5, 5.41) is 5.68. The summed E-state index contributed by atoms with van der Waals surface area (Å²) >= 11 is 0. The van der Waals surface area contributed by atoms with Crippen LogP contribution in [0.5, 0.6) is 0 Å². The van der Waals surface area contributed by atoms with E-state index in [0.29, 0.717) is 17.7 Å². The molecule has 2 aliphatic heterocycles. The zero-order valence-corrected chi connectivity index (χ0v) is 16.6. The topological polar surface area (TPSA) is 87.7 Å². The zero-order valence-electron chi connectivity index (χ0n) is 16.6. The first-order chi connectivity index (χ1) is 14.5. The highest BCUT2D eigenvalue weighted by Crippen LogP contribution is 2.30. The van der Waals surface area contributed by atoms with E-state index in [2.05, 4.69) is 10.6 Å². The van der Waals surface area contributed by atoms with Gasteiger partial charge in [0.2, 0.25) is 11.8 Å². The van der Waals surface area contributed by atoms with E-state index in [1.807, 2.05) is 48.6 Å². The van der Waals surface area contributed by atoms with E-state index in [4.69, 9.17) is 4.74 Å². The van der Waals surface area contributed by atoms with Crippen molar-refractivity contribution in [2.45, 2.75) is 18.5 Å². The first kappa shape index (κ1) is 19.8.